The molecular formula is C13H28N2O. The Labute approximate surface area is 101 Å². The summed E-state index contributed by atoms with van der Waals surface area (Å²) in [6, 6.07) is 0. The van der Waals surface area contributed by atoms with Gasteiger partial charge in [0.1, 0.15) is 0 Å². The summed E-state index contributed by atoms with van der Waals surface area (Å²) < 4.78 is 6.21. The fraction of sp³-hybridized carbons (Fsp3) is 1.00. The SMILES string of the molecule is CCNCC(OC1CCN(C)CC1)C(C)C. The highest BCUT2D eigenvalue weighted by molar-refractivity contribution is 4.74. The van der Waals surface area contributed by atoms with Gasteiger partial charge in [-0.15, -0.1) is 0 Å². The van der Waals surface area contributed by atoms with Crippen LogP contribution in [0.1, 0.15) is 33.6 Å². The summed E-state index contributed by atoms with van der Waals surface area (Å²) in [5, 5.41) is 3.39. The fourth-order valence-electron chi connectivity index (χ4n) is 2.10. The second-order valence-electron chi connectivity index (χ2n) is 5.23. The zero-order valence-electron chi connectivity index (χ0n) is 11.3. The standard InChI is InChI=1S/C13H28N2O/c1-5-14-10-13(11(2)3)16-12-6-8-15(4)9-7-12/h11-14H,5-10H2,1-4H3. The lowest BCUT2D eigenvalue weighted by atomic mass is 10.0. The number of rotatable bonds is 6. The lowest BCUT2D eigenvalue weighted by molar-refractivity contribution is -0.0571. The third-order valence-corrected chi connectivity index (χ3v) is 3.37. The Morgan fingerprint density at radius 1 is 1.31 bits per heavy atom. The molecule has 1 atom stereocenters. The molecule has 1 rings (SSSR count). The molecule has 1 saturated heterocycles. The molecule has 3 heteroatoms. The van der Waals surface area contributed by atoms with Gasteiger partial charge in [0, 0.05) is 19.6 Å². The van der Waals surface area contributed by atoms with Gasteiger partial charge in [-0.25, -0.2) is 0 Å². The molecule has 16 heavy (non-hydrogen) atoms. The van der Waals surface area contributed by atoms with Crippen LogP contribution in [0.5, 0.6) is 0 Å². The minimum Gasteiger partial charge on any atom is -0.373 e. The monoisotopic (exact) mass is 228 g/mol. The van der Waals surface area contributed by atoms with E-state index < -0.39 is 0 Å². The molecule has 0 bridgehead atoms. The number of hydrogen-bond acceptors (Lipinski definition) is 3. The van der Waals surface area contributed by atoms with E-state index in [0.29, 0.717) is 18.1 Å². The van der Waals surface area contributed by atoms with Gasteiger partial charge in [-0.1, -0.05) is 20.8 Å². The largest absolute Gasteiger partial charge is 0.373 e. The minimum absolute atomic E-state index is 0.369. The zero-order valence-corrected chi connectivity index (χ0v) is 11.3. The molecule has 3 nitrogen and oxygen atoms in total. The van der Waals surface area contributed by atoms with Crippen molar-refractivity contribution in [2.45, 2.75) is 45.8 Å². The number of nitrogens with zero attached hydrogens (tertiary/aromatic N) is 1. The quantitative estimate of drug-likeness (QED) is 0.749. The molecule has 1 fully saturated rings. The van der Waals surface area contributed by atoms with Crippen molar-refractivity contribution < 1.29 is 4.74 Å². The highest BCUT2D eigenvalue weighted by atomic mass is 16.5. The zero-order chi connectivity index (χ0) is 12.0. The maximum atomic E-state index is 6.21. The van der Waals surface area contributed by atoms with Crippen molar-refractivity contribution in [3.05, 3.63) is 0 Å². The second kappa shape index (κ2) is 7.25. The van der Waals surface area contributed by atoms with E-state index in [1.54, 1.807) is 0 Å². The summed E-state index contributed by atoms with van der Waals surface area (Å²) in [6.07, 6.45) is 3.22. The van der Waals surface area contributed by atoms with E-state index in [-0.39, 0.29) is 0 Å². The third-order valence-electron chi connectivity index (χ3n) is 3.37. The topological polar surface area (TPSA) is 24.5 Å². The lowest BCUT2D eigenvalue weighted by Gasteiger charge is -2.33. The smallest absolute Gasteiger partial charge is 0.0726 e. The molecule has 0 saturated carbocycles. The molecule has 1 N–H and O–H groups in total. The van der Waals surface area contributed by atoms with Crippen molar-refractivity contribution in [3.8, 4) is 0 Å². The first-order valence-electron chi connectivity index (χ1n) is 6.68. The first kappa shape index (κ1) is 13.9. The first-order valence-corrected chi connectivity index (χ1v) is 6.68. The van der Waals surface area contributed by atoms with E-state index in [1.807, 2.05) is 0 Å². The van der Waals surface area contributed by atoms with Gasteiger partial charge >= 0.3 is 0 Å². The summed E-state index contributed by atoms with van der Waals surface area (Å²) >= 11 is 0. The van der Waals surface area contributed by atoms with Crippen LogP contribution >= 0.6 is 0 Å². The van der Waals surface area contributed by atoms with Crippen molar-refractivity contribution in [1.29, 1.82) is 0 Å². The number of likely N-dealkylation sites (N-methyl/N-ethyl adjacent to an activating group) is 1. The van der Waals surface area contributed by atoms with Gasteiger partial charge in [-0.2, -0.15) is 0 Å². The Bertz CT molecular complexity index is 177. The average Bonchev–Trinajstić information content (AvgIpc) is 2.26. The Morgan fingerprint density at radius 3 is 2.44 bits per heavy atom. The number of hydrogen-bond donors (Lipinski definition) is 1. The normalized spacial score (nSPS) is 21.6. The van der Waals surface area contributed by atoms with Crippen molar-refractivity contribution in [1.82, 2.24) is 10.2 Å². The van der Waals surface area contributed by atoms with Crippen LogP contribution in [-0.2, 0) is 4.74 Å². The van der Waals surface area contributed by atoms with Gasteiger partial charge < -0.3 is 15.0 Å². The Hall–Kier alpha value is -0.120. The van der Waals surface area contributed by atoms with Crippen LogP contribution in [0.3, 0.4) is 0 Å². The van der Waals surface area contributed by atoms with Crippen molar-refractivity contribution >= 4 is 0 Å². The molecule has 0 aromatic rings. The van der Waals surface area contributed by atoms with E-state index in [2.05, 4.69) is 38.0 Å². The molecule has 1 unspecified atom stereocenters. The highest BCUT2D eigenvalue weighted by Crippen LogP contribution is 2.17. The number of ether oxygens (including phenoxy) is 1. The van der Waals surface area contributed by atoms with E-state index >= 15 is 0 Å². The lowest BCUT2D eigenvalue weighted by Crippen LogP contribution is -2.40. The molecule has 0 amide bonds. The average molecular weight is 228 g/mol. The van der Waals surface area contributed by atoms with Crippen molar-refractivity contribution in [2.75, 3.05) is 33.2 Å². The molecule has 0 aliphatic carbocycles. The molecule has 1 heterocycles. The first-order chi connectivity index (χ1) is 7.63. The summed E-state index contributed by atoms with van der Waals surface area (Å²) in [6.45, 7) is 11.0. The molecule has 0 spiro atoms. The molecule has 0 aromatic carbocycles. The number of nitrogens with one attached hydrogen (secondary N) is 1. The third kappa shape index (κ3) is 4.81. The molecular weight excluding hydrogens is 200 g/mol. The van der Waals surface area contributed by atoms with Crippen LogP contribution in [-0.4, -0.2) is 50.3 Å². The van der Waals surface area contributed by atoms with Gasteiger partial charge in [0.2, 0.25) is 0 Å². The molecule has 0 aromatic heterocycles. The maximum Gasteiger partial charge on any atom is 0.0726 e. The number of piperidine rings is 1. The second-order valence-corrected chi connectivity index (χ2v) is 5.23. The van der Waals surface area contributed by atoms with Crippen LogP contribution in [0.2, 0.25) is 0 Å². The number of likely N-dealkylation sites (tertiary alicyclic amines) is 1. The fourth-order valence-corrected chi connectivity index (χ4v) is 2.10. The van der Waals surface area contributed by atoms with Gasteiger partial charge in [-0.05, 0) is 32.4 Å². The van der Waals surface area contributed by atoms with Crippen LogP contribution in [0.15, 0.2) is 0 Å². The van der Waals surface area contributed by atoms with Gasteiger partial charge in [0.25, 0.3) is 0 Å². The summed E-state index contributed by atoms with van der Waals surface area (Å²) in [5.41, 5.74) is 0. The van der Waals surface area contributed by atoms with E-state index in [0.717, 1.165) is 13.1 Å². The maximum absolute atomic E-state index is 6.21. The Kier molecular flexibility index (Phi) is 6.32. The summed E-state index contributed by atoms with van der Waals surface area (Å²) in [5.74, 6) is 0.596. The summed E-state index contributed by atoms with van der Waals surface area (Å²) in [7, 11) is 2.19. The van der Waals surface area contributed by atoms with Crippen LogP contribution in [0.4, 0.5) is 0 Å². The molecule has 1 aliphatic heterocycles. The van der Waals surface area contributed by atoms with Gasteiger partial charge in [0.15, 0.2) is 0 Å². The Balaban J connectivity index is 2.30. The van der Waals surface area contributed by atoms with E-state index in [9.17, 15) is 0 Å². The van der Waals surface area contributed by atoms with E-state index in [4.69, 9.17) is 4.74 Å². The Morgan fingerprint density at radius 2 is 1.94 bits per heavy atom. The molecule has 0 radical (unpaired) electrons. The predicted octanol–water partition coefficient (Wildman–Crippen LogP) is 1.73. The van der Waals surface area contributed by atoms with Crippen molar-refractivity contribution in [2.24, 2.45) is 5.92 Å². The van der Waals surface area contributed by atoms with Gasteiger partial charge in [0.05, 0.1) is 12.2 Å². The van der Waals surface area contributed by atoms with Crippen molar-refractivity contribution in [3.63, 3.8) is 0 Å². The van der Waals surface area contributed by atoms with Crippen LogP contribution in [0.25, 0.3) is 0 Å². The van der Waals surface area contributed by atoms with Crippen LogP contribution in [0, 0.1) is 5.92 Å². The molecule has 96 valence electrons. The predicted molar refractivity (Wildman–Crippen MR) is 68.8 cm³/mol. The summed E-state index contributed by atoms with van der Waals surface area (Å²) in [4.78, 5) is 2.38. The highest BCUT2D eigenvalue weighted by Gasteiger charge is 2.22. The van der Waals surface area contributed by atoms with E-state index in [1.165, 1.54) is 25.9 Å². The minimum atomic E-state index is 0.369. The molecule has 1 aliphatic rings. The van der Waals surface area contributed by atoms with Gasteiger partial charge in [-0.3, -0.25) is 0 Å². The van der Waals surface area contributed by atoms with Crippen LogP contribution < -0.4 is 5.32 Å².